The van der Waals surface area contributed by atoms with Crippen molar-refractivity contribution in [3.8, 4) is 17.2 Å². The summed E-state index contributed by atoms with van der Waals surface area (Å²) in [6.45, 7) is 6.20. The monoisotopic (exact) mass is 436 g/mol. The third-order valence-corrected chi connectivity index (χ3v) is 5.53. The molecule has 0 aliphatic carbocycles. The Labute approximate surface area is 177 Å². The third kappa shape index (κ3) is 6.28. The molecule has 2 rings (SSSR count). The second-order valence-electron chi connectivity index (χ2n) is 7.05. The molecule has 0 aliphatic rings. The van der Waals surface area contributed by atoms with E-state index < -0.39 is 16.1 Å². The van der Waals surface area contributed by atoms with Gasteiger partial charge in [0.05, 0.1) is 24.8 Å². The number of sulfonamides is 1. The van der Waals surface area contributed by atoms with Gasteiger partial charge >= 0.3 is 0 Å². The van der Waals surface area contributed by atoms with Crippen LogP contribution in [-0.4, -0.2) is 41.2 Å². The van der Waals surface area contributed by atoms with Crippen LogP contribution in [0.25, 0.3) is 0 Å². The lowest BCUT2D eigenvalue weighted by atomic mass is 10.2. The second kappa shape index (κ2) is 10.2. The number of anilines is 1. The molecule has 2 aromatic carbocycles. The Morgan fingerprint density at radius 2 is 1.60 bits per heavy atom. The maximum absolute atomic E-state index is 12.7. The Kier molecular flexibility index (Phi) is 7.93. The highest BCUT2D eigenvalue weighted by atomic mass is 32.2. The number of nitrogens with one attached hydrogen (secondary N) is 2. The molecule has 2 aromatic rings. The van der Waals surface area contributed by atoms with Crippen LogP contribution in [0.2, 0.25) is 0 Å². The van der Waals surface area contributed by atoms with E-state index in [1.165, 1.54) is 44.6 Å². The smallest absolute Gasteiger partial charge is 0.261 e. The quantitative estimate of drug-likeness (QED) is 0.593. The number of carbonyl (C=O) groups excluding carboxylic acids is 1. The highest BCUT2D eigenvalue weighted by Gasteiger charge is 2.18. The van der Waals surface area contributed by atoms with Crippen LogP contribution in [0.3, 0.4) is 0 Å². The van der Waals surface area contributed by atoms with Crippen molar-refractivity contribution in [1.29, 1.82) is 0 Å². The van der Waals surface area contributed by atoms with E-state index in [9.17, 15) is 13.2 Å². The summed E-state index contributed by atoms with van der Waals surface area (Å²) in [5, 5.41) is 2.79. The van der Waals surface area contributed by atoms with Gasteiger partial charge in [0.1, 0.15) is 5.75 Å². The average Bonchev–Trinajstić information content (AvgIpc) is 2.71. The summed E-state index contributed by atoms with van der Waals surface area (Å²) in [5.41, 5.74) is 0.337. The van der Waals surface area contributed by atoms with E-state index in [-0.39, 0.29) is 10.8 Å². The Balaban J connectivity index is 2.06. The van der Waals surface area contributed by atoms with Crippen molar-refractivity contribution in [2.24, 2.45) is 5.92 Å². The summed E-state index contributed by atoms with van der Waals surface area (Å²) >= 11 is 0. The largest absolute Gasteiger partial charge is 0.493 e. The first-order valence-electron chi connectivity index (χ1n) is 9.45. The van der Waals surface area contributed by atoms with Crippen LogP contribution in [0.4, 0.5) is 5.69 Å². The van der Waals surface area contributed by atoms with Gasteiger partial charge in [0, 0.05) is 12.6 Å². The van der Waals surface area contributed by atoms with Crippen molar-refractivity contribution < 1.29 is 27.4 Å². The van der Waals surface area contributed by atoms with Crippen LogP contribution in [0.15, 0.2) is 47.4 Å². The predicted molar refractivity (Wildman–Crippen MR) is 115 cm³/mol. The van der Waals surface area contributed by atoms with E-state index in [0.717, 1.165) is 0 Å². The lowest BCUT2D eigenvalue weighted by Crippen LogP contribution is -2.38. The van der Waals surface area contributed by atoms with Gasteiger partial charge in [-0.25, -0.2) is 8.42 Å². The highest BCUT2D eigenvalue weighted by molar-refractivity contribution is 7.92. The molecular formula is C21H28N2O6S. The number of carbonyl (C=O) groups is 1. The average molecular weight is 437 g/mol. The van der Waals surface area contributed by atoms with Gasteiger partial charge in [-0.15, -0.1) is 0 Å². The maximum atomic E-state index is 12.7. The summed E-state index contributed by atoms with van der Waals surface area (Å²) in [4.78, 5) is 12.1. The number of methoxy groups -OCH3 is 2. The lowest BCUT2D eigenvalue weighted by Gasteiger charge is -2.16. The van der Waals surface area contributed by atoms with Crippen molar-refractivity contribution >= 4 is 21.6 Å². The Morgan fingerprint density at radius 3 is 2.17 bits per heavy atom. The SMILES string of the molecule is COc1ccc(NS(=O)(=O)c2ccc(O[C@H](C)C(=O)NCC(C)C)cc2)cc1OC. The fourth-order valence-corrected chi connectivity index (χ4v) is 3.57. The minimum Gasteiger partial charge on any atom is -0.493 e. The van der Waals surface area contributed by atoms with Crippen molar-refractivity contribution in [3.05, 3.63) is 42.5 Å². The normalized spacial score (nSPS) is 12.2. The molecule has 1 amide bonds. The van der Waals surface area contributed by atoms with Gasteiger partial charge in [-0.3, -0.25) is 9.52 Å². The summed E-state index contributed by atoms with van der Waals surface area (Å²) in [5.74, 6) is 1.41. The number of hydrogen-bond donors (Lipinski definition) is 2. The molecule has 0 fully saturated rings. The van der Waals surface area contributed by atoms with E-state index in [2.05, 4.69) is 10.0 Å². The topological polar surface area (TPSA) is 103 Å². The molecule has 2 N–H and O–H groups in total. The van der Waals surface area contributed by atoms with E-state index in [1.807, 2.05) is 13.8 Å². The zero-order valence-corrected chi connectivity index (χ0v) is 18.6. The van der Waals surface area contributed by atoms with E-state index in [1.54, 1.807) is 19.1 Å². The molecule has 8 nitrogen and oxygen atoms in total. The Morgan fingerprint density at radius 1 is 0.967 bits per heavy atom. The molecule has 0 bridgehead atoms. The zero-order chi connectivity index (χ0) is 22.3. The summed E-state index contributed by atoms with van der Waals surface area (Å²) in [6.07, 6.45) is -0.698. The summed E-state index contributed by atoms with van der Waals surface area (Å²) < 4.78 is 43.7. The molecule has 9 heteroatoms. The lowest BCUT2D eigenvalue weighted by molar-refractivity contribution is -0.127. The minimum atomic E-state index is -3.82. The highest BCUT2D eigenvalue weighted by Crippen LogP contribution is 2.31. The molecule has 164 valence electrons. The van der Waals surface area contributed by atoms with Crippen LogP contribution >= 0.6 is 0 Å². The van der Waals surface area contributed by atoms with E-state index >= 15 is 0 Å². The number of ether oxygens (including phenoxy) is 3. The first-order chi connectivity index (χ1) is 14.2. The fourth-order valence-electron chi connectivity index (χ4n) is 2.52. The van der Waals surface area contributed by atoms with Crippen molar-refractivity contribution in [3.63, 3.8) is 0 Å². The molecule has 0 saturated carbocycles. The van der Waals surface area contributed by atoms with E-state index in [0.29, 0.717) is 35.4 Å². The Hall–Kier alpha value is -2.94. The van der Waals surface area contributed by atoms with Crippen molar-refractivity contribution in [2.75, 3.05) is 25.5 Å². The Bertz CT molecular complexity index is 958. The van der Waals surface area contributed by atoms with E-state index in [4.69, 9.17) is 14.2 Å². The number of rotatable bonds is 10. The molecule has 0 spiro atoms. The first kappa shape index (κ1) is 23.3. The molecule has 1 atom stereocenters. The van der Waals surface area contributed by atoms with Gasteiger partial charge in [0.15, 0.2) is 17.6 Å². The van der Waals surface area contributed by atoms with Crippen molar-refractivity contribution in [1.82, 2.24) is 5.32 Å². The van der Waals surface area contributed by atoms with Crippen LogP contribution in [0.5, 0.6) is 17.2 Å². The van der Waals surface area contributed by atoms with Crippen molar-refractivity contribution in [2.45, 2.75) is 31.8 Å². The first-order valence-corrected chi connectivity index (χ1v) is 10.9. The molecule has 30 heavy (non-hydrogen) atoms. The number of hydrogen-bond acceptors (Lipinski definition) is 6. The van der Waals surface area contributed by atoms with Gasteiger partial charge in [0.2, 0.25) is 0 Å². The van der Waals surface area contributed by atoms with Gasteiger partial charge in [0.25, 0.3) is 15.9 Å². The van der Waals surface area contributed by atoms with Crippen LogP contribution in [0, 0.1) is 5.92 Å². The van der Waals surface area contributed by atoms with Gasteiger partial charge in [-0.2, -0.15) is 0 Å². The van der Waals surface area contributed by atoms with Gasteiger partial charge in [-0.1, -0.05) is 13.8 Å². The number of amides is 1. The molecule has 0 heterocycles. The maximum Gasteiger partial charge on any atom is 0.261 e. The third-order valence-electron chi connectivity index (χ3n) is 4.14. The van der Waals surface area contributed by atoms with Gasteiger partial charge < -0.3 is 19.5 Å². The van der Waals surface area contributed by atoms with Crippen LogP contribution in [0.1, 0.15) is 20.8 Å². The summed E-state index contributed by atoms with van der Waals surface area (Å²) in [7, 11) is -0.847. The molecule has 0 saturated heterocycles. The molecule has 0 aromatic heterocycles. The van der Waals surface area contributed by atoms with Gasteiger partial charge in [-0.05, 0) is 49.2 Å². The molecule has 0 aliphatic heterocycles. The van der Waals surface area contributed by atoms with Crippen LogP contribution in [-0.2, 0) is 14.8 Å². The minimum absolute atomic E-state index is 0.0570. The molecule has 0 radical (unpaired) electrons. The molecular weight excluding hydrogens is 408 g/mol. The zero-order valence-electron chi connectivity index (χ0n) is 17.8. The summed E-state index contributed by atoms with van der Waals surface area (Å²) in [6, 6.07) is 10.6. The number of benzene rings is 2. The fraction of sp³-hybridized carbons (Fsp3) is 0.381. The standard InChI is InChI=1S/C21H28N2O6S/c1-14(2)13-22-21(24)15(3)29-17-7-9-18(10-8-17)30(25,26)23-16-6-11-19(27-4)20(12-16)28-5/h6-12,14-15,23H,13H2,1-5H3,(H,22,24)/t15-/m1/s1. The molecule has 0 unspecified atom stereocenters. The second-order valence-corrected chi connectivity index (χ2v) is 8.73. The predicted octanol–water partition coefficient (Wildman–Crippen LogP) is 3.04. The van der Waals surface area contributed by atoms with Crippen LogP contribution < -0.4 is 24.2 Å².